The first kappa shape index (κ1) is 23.2. The van der Waals surface area contributed by atoms with Gasteiger partial charge in [0, 0.05) is 0 Å². The zero-order valence-electron chi connectivity index (χ0n) is 12.5. The third-order valence-corrected chi connectivity index (χ3v) is 3.26. The van der Waals surface area contributed by atoms with Crippen LogP contribution in [0.2, 0.25) is 0 Å². The van der Waals surface area contributed by atoms with Gasteiger partial charge in [0.05, 0.1) is 13.2 Å². The van der Waals surface area contributed by atoms with Crippen molar-refractivity contribution in [1.82, 2.24) is 0 Å². The van der Waals surface area contributed by atoms with E-state index in [2.05, 4.69) is 4.74 Å². The summed E-state index contributed by atoms with van der Waals surface area (Å²) in [5.41, 5.74) is 0. The zero-order valence-corrected chi connectivity index (χ0v) is 12.5. The van der Waals surface area contributed by atoms with Gasteiger partial charge >= 0.3 is 0 Å². The molecule has 8 atom stereocenters. The van der Waals surface area contributed by atoms with Crippen LogP contribution in [0.15, 0.2) is 0 Å². The van der Waals surface area contributed by atoms with Gasteiger partial charge < -0.3 is 55.8 Å². The Labute approximate surface area is 136 Å². The van der Waals surface area contributed by atoms with Crippen LogP contribution in [0.5, 0.6) is 0 Å². The SMILES string of the molecule is O=C(CO)[C@@H](O)[C@@H](O)[C@@H](O)CO.OC[C@H]1OC(O)[C@H](O)[C@@H](O)[C@@H]1O. The summed E-state index contributed by atoms with van der Waals surface area (Å²) < 4.78 is 4.58. The standard InChI is InChI=1S/2C6H12O6/c7-1-2-3(8)4(9)5(10)6(11)12-2;7-1-3(9)5(11)6(12)4(10)2-8/h2-11H,1H2;3,5-9,11-12H,1-2H2/t2-,3-,4+,5-,6?;3-,5-,6+/m10/s1. The Kier molecular flexibility index (Phi) is 10.6. The maximum absolute atomic E-state index is 10.5. The molecule has 0 aliphatic carbocycles. The summed E-state index contributed by atoms with van der Waals surface area (Å²) in [6, 6.07) is 0. The van der Waals surface area contributed by atoms with Crippen LogP contribution in [0.4, 0.5) is 0 Å². The lowest BCUT2D eigenvalue weighted by molar-refractivity contribution is -0.286. The van der Waals surface area contributed by atoms with Crippen molar-refractivity contribution in [2.45, 2.75) is 49.0 Å². The van der Waals surface area contributed by atoms with E-state index < -0.39 is 74.6 Å². The van der Waals surface area contributed by atoms with E-state index in [0.717, 1.165) is 0 Å². The molecule has 1 rings (SSSR count). The topological polar surface area (TPSA) is 229 Å². The fourth-order valence-electron chi connectivity index (χ4n) is 1.68. The summed E-state index contributed by atoms with van der Waals surface area (Å²) >= 11 is 0. The highest BCUT2D eigenvalue weighted by Gasteiger charge is 2.42. The molecule has 0 aromatic carbocycles. The molecule has 0 amide bonds. The van der Waals surface area contributed by atoms with Crippen molar-refractivity contribution < 1.29 is 60.6 Å². The lowest BCUT2D eigenvalue weighted by Crippen LogP contribution is -2.58. The van der Waals surface area contributed by atoms with Crippen molar-refractivity contribution in [2.24, 2.45) is 0 Å². The normalized spacial score (nSPS) is 33.8. The molecule has 1 aliphatic rings. The van der Waals surface area contributed by atoms with Gasteiger partial charge in [-0.2, -0.15) is 0 Å². The van der Waals surface area contributed by atoms with E-state index in [-0.39, 0.29) is 0 Å². The fourth-order valence-corrected chi connectivity index (χ4v) is 1.68. The maximum Gasteiger partial charge on any atom is 0.189 e. The molecule has 0 radical (unpaired) electrons. The van der Waals surface area contributed by atoms with E-state index in [9.17, 15) is 4.79 Å². The first-order valence-corrected chi connectivity index (χ1v) is 6.89. The molecule has 12 nitrogen and oxygen atoms in total. The number of ketones is 1. The lowest BCUT2D eigenvalue weighted by atomic mass is 10.00. The number of Topliss-reactive ketones (excluding diaryl/α,β-unsaturated/α-hetero) is 1. The highest BCUT2D eigenvalue weighted by atomic mass is 16.6. The quantitative estimate of drug-likeness (QED) is 0.213. The zero-order chi connectivity index (χ0) is 19.0. The number of aliphatic hydroxyl groups is 10. The van der Waals surface area contributed by atoms with Crippen LogP contribution in [-0.2, 0) is 9.53 Å². The van der Waals surface area contributed by atoms with Gasteiger partial charge in [0.25, 0.3) is 0 Å². The van der Waals surface area contributed by atoms with E-state index in [1.54, 1.807) is 0 Å². The number of carbonyl (C=O) groups excluding carboxylic acids is 1. The van der Waals surface area contributed by atoms with Gasteiger partial charge in [0.1, 0.15) is 49.3 Å². The monoisotopic (exact) mass is 360 g/mol. The Hall–Kier alpha value is -0.770. The van der Waals surface area contributed by atoms with Crippen LogP contribution in [0.3, 0.4) is 0 Å². The first-order chi connectivity index (χ1) is 11.1. The Morgan fingerprint density at radius 1 is 0.917 bits per heavy atom. The second-order valence-corrected chi connectivity index (χ2v) is 5.03. The molecule has 1 unspecified atom stereocenters. The van der Waals surface area contributed by atoms with E-state index in [4.69, 9.17) is 51.1 Å². The minimum atomic E-state index is -1.86. The molecule has 12 heteroatoms. The summed E-state index contributed by atoms with van der Waals surface area (Å²) in [4.78, 5) is 10.5. The van der Waals surface area contributed by atoms with Gasteiger partial charge in [-0.05, 0) is 0 Å². The van der Waals surface area contributed by atoms with Crippen molar-refractivity contribution in [3.63, 3.8) is 0 Å². The average molecular weight is 360 g/mol. The summed E-state index contributed by atoms with van der Waals surface area (Å²) in [6.45, 7) is -2.21. The summed E-state index contributed by atoms with van der Waals surface area (Å²) in [5.74, 6) is -1.00. The maximum atomic E-state index is 10.5. The van der Waals surface area contributed by atoms with Crippen molar-refractivity contribution in [3.8, 4) is 0 Å². The number of rotatable bonds is 6. The average Bonchev–Trinajstić information content (AvgIpc) is 2.60. The second-order valence-electron chi connectivity index (χ2n) is 5.03. The highest BCUT2D eigenvalue weighted by Crippen LogP contribution is 2.18. The molecule has 0 aromatic rings. The summed E-state index contributed by atoms with van der Waals surface area (Å²) in [5, 5.41) is 87.7. The van der Waals surface area contributed by atoms with Crippen LogP contribution >= 0.6 is 0 Å². The molecule has 24 heavy (non-hydrogen) atoms. The molecule has 0 spiro atoms. The van der Waals surface area contributed by atoms with Gasteiger partial charge in [-0.3, -0.25) is 4.79 Å². The Bertz CT molecular complexity index is 361. The van der Waals surface area contributed by atoms with Crippen LogP contribution in [0.1, 0.15) is 0 Å². The number of hydrogen-bond acceptors (Lipinski definition) is 12. The molecule has 1 aliphatic heterocycles. The van der Waals surface area contributed by atoms with Gasteiger partial charge in [-0.1, -0.05) is 0 Å². The molecule has 0 saturated carbocycles. The molecule has 0 bridgehead atoms. The number of aliphatic hydroxyl groups excluding tert-OH is 10. The van der Waals surface area contributed by atoms with Crippen LogP contribution in [0, 0.1) is 0 Å². The summed E-state index contributed by atoms with van der Waals surface area (Å²) in [7, 11) is 0. The highest BCUT2D eigenvalue weighted by molar-refractivity contribution is 5.84. The smallest absolute Gasteiger partial charge is 0.189 e. The predicted molar refractivity (Wildman–Crippen MR) is 73.2 cm³/mol. The first-order valence-electron chi connectivity index (χ1n) is 6.89. The third-order valence-electron chi connectivity index (χ3n) is 3.26. The summed E-state index contributed by atoms with van der Waals surface area (Å²) in [6.07, 6.45) is -12.3. The minimum Gasteiger partial charge on any atom is -0.394 e. The molecule has 1 fully saturated rings. The largest absolute Gasteiger partial charge is 0.394 e. The van der Waals surface area contributed by atoms with Gasteiger partial charge in [-0.25, -0.2) is 0 Å². The molecule has 0 aromatic heterocycles. The van der Waals surface area contributed by atoms with Crippen molar-refractivity contribution in [2.75, 3.05) is 19.8 Å². The Balaban J connectivity index is 0.000000441. The minimum absolute atomic E-state index is 0.526. The second kappa shape index (κ2) is 11.0. The molecule has 10 N–H and O–H groups in total. The van der Waals surface area contributed by atoms with E-state index >= 15 is 0 Å². The number of carbonyl (C=O) groups is 1. The Morgan fingerprint density at radius 3 is 1.88 bits per heavy atom. The van der Waals surface area contributed by atoms with Gasteiger partial charge in [0.15, 0.2) is 12.1 Å². The van der Waals surface area contributed by atoms with E-state index in [1.807, 2.05) is 0 Å². The van der Waals surface area contributed by atoms with Crippen molar-refractivity contribution in [3.05, 3.63) is 0 Å². The van der Waals surface area contributed by atoms with Gasteiger partial charge in [-0.15, -0.1) is 0 Å². The van der Waals surface area contributed by atoms with Crippen molar-refractivity contribution in [1.29, 1.82) is 0 Å². The number of hydrogen-bond donors (Lipinski definition) is 10. The van der Waals surface area contributed by atoms with E-state index in [0.29, 0.717) is 0 Å². The van der Waals surface area contributed by atoms with Crippen LogP contribution < -0.4 is 0 Å². The molecular weight excluding hydrogens is 336 g/mol. The molecule has 1 saturated heterocycles. The number of ether oxygens (including phenoxy) is 1. The predicted octanol–water partition coefficient (Wildman–Crippen LogP) is -6.60. The fraction of sp³-hybridized carbons (Fsp3) is 0.917. The van der Waals surface area contributed by atoms with Gasteiger partial charge in [0.2, 0.25) is 0 Å². The Morgan fingerprint density at radius 2 is 1.46 bits per heavy atom. The molecular formula is C12H24O12. The lowest BCUT2D eigenvalue weighted by Gasteiger charge is -2.37. The van der Waals surface area contributed by atoms with Crippen LogP contribution in [0.25, 0.3) is 0 Å². The van der Waals surface area contributed by atoms with Crippen molar-refractivity contribution >= 4 is 5.78 Å². The molecule has 1 heterocycles. The third kappa shape index (κ3) is 6.27. The van der Waals surface area contributed by atoms with Crippen LogP contribution in [-0.4, -0.2) is 126 Å². The van der Waals surface area contributed by atoms with E-state index in [1.165, 1.54) is 0 Å². The molecule has 144 valence electrons.